The van der Waals surface area contributed by atoms with Gasteiger partial charge in [0.1, 0.15) is 0 Å². The highest BCUT2D eigenvalue weighted by Gasteiger charge is 2.37. The molecule has 2 aliphatic carbocycles. The van der Waals surface area contributed by atoms with Gasteiger partial charge in [-0.05, 0) is 25.7 Å². The van der Waals surface area contributed by atoms with Crippen LogP contribution in [-0.2, 0) is 9.53 Å². The standard InChI is InChI=1S/C15H27NO2/c1-18-12-15(9-6-10-15)11-16-14(17)13-7-4-2-3-5-8-13/h13H,2-12H2,1H3,(H,16,17). The molecular weight excluding hydrogens is 226 g/mol. The Morgan fingerprint density at radius 3 is 2.33 bits per heavy atom. The molecule has 2 saturated carbocycles. The van der Waals surface area contributed by atoms with Gasteiger partial charge in [-0.15, -0.1) is 0 Å². The number of hydrogen-bond donors (Lipinski definition) is 1. The van der Waals surface area contributed by atoms with Crippen molar-refractivity contribution >= 4 is 5.91 Å². The molecule has 0 spiro atoms. The van der Waals surface area contributed by atoms with Crippen LogP contribution >= 0.6 is 0 Å². The minimum Gasteiger partial charge on any atom is -0.384 e. The van der Waals surface area contributed by atoms with Crippen molar-refractivity contribution in [3.05, 3.63) is 0 Å². The first-order valence-electron chi connectivity index (χ1n) is 7.52. The lowest BCUT2D eigenvalue weighted by molar-refractivity contribution is -0.126. The maximum absolute atomic E-state index is 12.2. The zero-order valence-electron chi connectivity index (χ0n) is 11.7. The van der Waals surface area contributed by atoms with Crippen LogP contribution in [-0.4, -0.2) is 26.2 Å². The number of carbonyl (C=O) groups is 1. The van der Waals surface area contributed by atoms with Crippen molar-refractivity contribution < 1.29 is 9.53 Å². The van der Waals surface area contributed by atoms with Crippen molar-refractivity contribution in [2.45, 2.75) is 57.8 Å². The lowest BCUT2D eigenvalue weighted by Crippen LogP contribution is -2.46. The average Bonchev–Trinajstić information content (AvgIpc) is 2.60. The van der Waals surface area contributed by atoms with Gasteiger partial charge in [-0.1, -0.05) is 32.1 Å². The summed E-state index contributed by atoms with van der Waals surface area (Å²) in [7, 11) is 1.76. The van der Waals surface area contributed by atoms with Gasteiger partial charge >= 0.3 is 0 Å². The molecule has 1 N–H and O–H groups in total. The van der Waals surface area contributed by atoms with Crippen molar-refractivity contribution in [3.8, 4) is 0 Å². The predicted octanol–water partition coefficient (Wildman–Crippen LogP) is 2.89. The lowest BCUT2D eigenvalue weighted by Gasteiger charge is -2.41. The Hall–Kier alpha value is -0.570. The summed E-state index contributed by atoms with van der Waals surface area (Å²) in [6.07, 6.45) is 10.9. The van der Waals surface area contributed by atoms with E-state index in [4.69, 9.17) is 4.74 Å². The quantitative estimate of drug-likeness (QED) is 0.765. The van der Waals surface area contributed by atoms with E-state index in [0.29, 0.717) is 5.91 Å². The molecule has 18 heavy (non-hydrogen) atoms. The molecule has 2 fully saturated rings. The molecule has 0 saturated heterocycles. The summed E-state index contributed by atoms with van der Waals surface area (Å²) in [6, 6.07) is 0. The molecule has 0 radical (unpaired) electrons. The molecule has 0 aromatic rings. The normalized spacial score (nSPS) is 24.1. The first-order valence-corrected chi connectivity index (χ1v) is 7.52. The fourth-order valence-corrected chi connectivity index (χ4v) is 3.32. The largest absolute Gasteiger partial charge is 0.384 e. The topological polar surface area (TPSA) is 38.3 Å². The fraction of sp³-hybridized carbons (Fsp3) is 0.933. The smallest absolute Gasteiger partial charge is 0.223 e. The lowest BCUT2D eigenvalue weighted by atomic mass is 9.69. The number of rotatable bonds is 5. The zero-order chi connectivity index (χ0) is 12.8. The van der Waals surface area contributed by atoms with Crippen molar-refractivity contribution in [3.63, 3.8) is 0 Å². The van der Waals surface area contributed by atoms with Gasteiger partial charge in [-0.2, -0.15) is 0 Å². The number of methoxy groups -OCH3 is 1. The van der Waals surface area contributed by atoms with E-state index < -0.39 is 0 Å². The predicted molar refractivity (Wildman–Crippen MR) is 72.4 cm³/mol. The third-order valence-corrected chi connectivity index (χ3v) is 4.73. The minimum atomic E-state index is 0.245. The second kappa shape index (κ2) is 6.55. The molecule has 1 amide bonds. The van der Waals surface area contributed by atoms with Crippen molar-refractivity contribution in [1.82, 2.24) is 5.32 Å². The molecule has 0 aromatic carbocycles. The van der Waals surface area contributed by atoms with Gasteiger partial charge in [0, 0.05) is 25.0 Å². The molecule has 3 heteroatoms. The summed E-state index contributed by atoms with van der Waals surface area (Å²) in [5.74, 6) is 0.562. The maximum Gasteiger partial charge on any atom is 0.223 e. The van der Waals surface area contributed by atoms with Crippen LogP contribution in [0.15, 0.2) is 0 Å². The number of nitrogens with one attached hydrogen (secondary N) is 1. The number of ether oxygens (including phenoxy) is 1. The molecular formula is C15H27NO2. The van der Waals surface area contributed by atoms with Crippen LogP contribution in [0.5, 0.6) is 0 Å². The maximum atomic E-state index is 12.2. The molecule has 0 atom stereocenters. The summed E-state index contributed by atoms with van der Waals surface area (Å²) in [4.78, 5) is 12.2. The second-order valence-corrected chi connectivity index (χ2v) is 6.19. The fourth-order valence-electron chi connectivity index (χ4n) is 3.32. The third kappa shape index (κ3) is 3.47. The molecule has 104 valence electrons. The SMILES string of the molecule is COCC1(CNC(=O)C2CCCCCC2)CCC1. The van der Waals surface area contributed by atoms with E-state index in [0.717, 1.165) is 26.0 Å². The second-order valence-electron chi connectivity index (χ2n) is 6.19. The van der Waals surface area contributed by atoms with Crippen LogP contribution < -0.4 is 5.32 Å². The molecule has 2 aliphatic rings. The van der Waals surface area contributed by atoms with E-state index in [1.807, 2.05) is 0 Å². The molecule has 0 aliphatic heterocycles. The number of hydrogen-bond acceptors (Lipinski definition) is 2. The van der Waals surface area contributed by atoms with Gasteiger partial charge in [0.25, 0.3) is 0 Å². The van der Waals surface area contributed by atoms with Gasteiger partial charge < -0.3 is 10.1 Å². The Labute approximate surface area is 111 Å². The van der Waals surface area contributed by atoms with E-state index in [9.17, 15) is 4.79 Å². The van der Waals surface area contributed by atoms with Gasteiger partial charge in [0.05, 0.1) is 6.61 Å². The van der Waals surface area contributed by atoms with E-state index in [2.05, 4.69) is 5.32 Å². The molecule has 3 nitrogen and oxygen atoms in total. The van der Waals surface area contributed by atoms with Crippen LogP contribution in [0.4, 0.5) is 0 Å². The number of amides is 1. The van der Waals surface area contributed by atoms with Crippen LogP contribution in [0.25, 0.3) is 0 Å². The van der Waals surface area contributed by atoms with Gasteiger partial charge in [-0.25, -0.2) is 0 Å². The molecule has 0 unspecified atom stereocenters. The van der Waals surface area contributed by atoms with E-state index >= 15 is 0 Å². The third-order valence-electron chi connectivity index (χ3n) is 4.73. The van der Waals surface area contributed by atoms with Crippen molar-refractivity contribution in [1.29, 1.82) is 0 Å². The highest BCUT2D eigenvalue weighted by Crippen LogP contribution is 2.40. The van der Waals surface area contributed by atoms with Crippen LogP contribution in [0, 0.1) is 11.3 Å². The minimum absolute atomic E-state index is 0.245. The summed E-state index contributed by atoms with van der Waals surface area (Å²) in [5, 5.41) is 3.19. The van der Waals surface area contributed by atoms with E-state index in [1.54, 1.807) is 7.11 Å². The first-order chi connectivity index (χ1) is 8.76. The summed E-state index contributed by atoms with van der Waals surface area (Å²) >= 11 is 0. The molecule has 0 aromatic heterocycles. The zero-order valence-corrected chi connectivity index (χ0v) is 11.7. The monoisotopic (exact) mass is 253 g/mol. The summed E-state index contributed by atoms with van der Waals surface area (Å²) < 4.78 is 5.30. The number of carbonyl (C=O) groups excluding carboxylic acids is 1. The van der Waals surface area contributed by atoms with Crippen molar-refractivity contribution in [2.75, 3.05) is 20.3 Å². The van der Waals surface area contributed by atoms with Crippen LogP contribution in [0.3, 0.4) is 0 Å². The Bertz CT molecular complexity index is 266. The Kier molecular flexibility index (Phi) is 5.04. The molecule has 0 bridgehead atoms. The Balaban J connectivity index is 1.76. The summed E-state index contributed by atoms with van der Waals surface area (Å²) in [6.45, 7) is 1.61. The van der Waals surface area contributed by atoms with Gasteiger partial charge in [0.15, 0.2) is 0 Å². The highest BCUT2D eigenvalue weighted by atomic mass is 16.5. The Morgan fingerprint density at radius 2 is 1.83 bits per heavy atom. The molecule has 2 rings (SSSR count). The average molecular weight is 253 g/mol. The van der Waals surface area contributed by atoms with Gasteiger partial charge in [0.2, 0.25) is 5.91 Å². The first kappa shape index (κ1) is 13.9. The van der Waals surface area contributed by atoms with Crippen LogP contribution in [0.2, 0.25) is 0 Å². The van der Waals surface area contributed by atoms with E-state index in [-0.39, 0.29) is 11.3 Å². The van der Waals surface area contributed by atoms with Crippen molar-refractivity contribution in [2.24, 2.45) is 11.3 Å². The molecule has 0 heterocycles. The van der Waals surface area contributed by atoms with E-state index in [1.165, 1.54) is 44.9 Å². The Morgan fingerprint density at radius 1 is 1.17 bits per heavy atom. The summed E-state index contributed by atoms with van der Waals surface area (Å²) in [5.41, 5.74) is 0.245. The van der Waals surface area contributed by atoms with Crippen LogP contribution in [0.1, 0.15) is 57.8 Å². The highest BCUT2D eigenvalue weighted by molar-refractivity contribution is 5.78. The van der Waals surface area contributed by atoms with Gasteiger partial charge in [-0.3, -0.25) is 4.79 Å².